The van der Waals surface area contributed by atoms with Crippen LogP contribution in [0.3, 0.4) is 0 Å². The zero-order valence-electron chi connectivity index (χ0n) is 10.9. The Morgan fingerprint density at radius 1 is 1.20 bits per heavy atom. The Bertz CT molecular complexity index is 604. The lowest BCUT2D eigenvalue weighted by atomic mass is 10.2. The van der Waals surface area contributed by atoms with Gasteiger partial charge in [-0.3, -0.25) is 0 Å². The third kappa shape index (κ3) is 3.72. The molecule has 0 radical (unpaired) electrons. The molecule has 0 aliphatic carbocycles. The van der Waals surface area contributed by atoms with Gasteiger partial charge in [-0.15, -0.1) is 0 Å². The third-order valence-corrected chi connectivity index (χ3v) is 4.38. The van der Waals surface area contributed by atoms with Crippen molar-refractivity contribution in [3.05, 3.63) is 58.6 Å². The van der Waals surface area contributed by atoms with Crippen LogP contribution in [-0.2, 0) is 6.54 Å². The molecule has 0 saturated carbocycles. The predicted octanol–water partition coefficient (Wildman–Crippen LogP) is 4.88. The Morgan fingerprint density at radius 2 is 2.00 bits per heavy atom. The van der Waals surface area contributed by atoms with Crippen LogP contribution < -0.4 is 5.32 Å². The molecular formula is C15H14ClF2NS. The molecule has 0 spiro atoms. The van der Waals surface area contributed by atoms with Crippen LogP contribution in [0.25, 0.3) is 0 Å². The van der Waals surface area contributed by atoms with Gasteiger partial charge in [0, 0.05) is 22.4 Å². The normalized spacial score (nSPS) is 10.8. The molecular weight excluding hydrogens is 300 g/mol. The van der Waals surface area contributed by atoms with Gasteiger partial charge < -0.3 is 5.32 Å². The van der Waals surface area contributed by atoms with E-state index in [0.29, 0.717) is 16.5 Å². The smallest absolute Gasteiger partial charge is 0.140 e. The molecule has 106 valence electrons. The van der Waals surface area contributed by atoms with Crippen molar-refractivity contribution in [3.8, 4) is 0 Å². The van der Waals surface area contributed by atoms with E-state index in [9.17, 15) is 8.78 Å². The summed E-state index contributed by atoms with van der Waals surface area (Å²) >= 11 is 7.41. The van der Waals surface area contributed by atoms with Crippen LogP contribution in [0.1, 0.15) is 12.5 Å². The molecule has 0 atom stereocenters. The monoisotopic (exact) mass is 313 g/mol. The van der Waals surface area contributed by atoms with Crippen LogP contribution >= 0.6 is 23.4 Å². The maximum atomic E-state index is 13.7. The zero-order valence-corrected chi connectivity index (χ0v) is 12.5. The van der Waals surface area contributed by atoms with Gasteiger partial charge in [-0.2, -0.15) is 0 Å². The highest BCUT2D eigenvalue weighted by molar-refractivity contribution is 7.99. The highest BCUT2D eigenvalue weighted by atomic mass is 35.5. The molecule has 0 aliphatic rings. The Morgan fingerprint density at radius 3 is 2.70 bits per heavy atom. The fourth-order valence-corrected chi connectivity index (χ4v) is 2.99. The average Bonchev–Trinajstić information content (AvgIpc) is 2.42. The third-order valence-electron chi connectivity index (χ3n) is 2.72. The van der Waals surface area contributed by atoms with E-state index in [0.717, 1.165) is 23.1 Å². The summed E-state index contributed by atoms with van der Waals surface area (Å²) in [6, 6.07) is 9.12. The predicted molar refractivity (Wildman–Crippen MR) is 79.3 cm³/mol. The standard InChI is InChI=1S/C15H14ClF2NS/c1-2-19-9-10-4-3-5-12(16)15(10)20-14-7-6-11(17)8-13(14)18/h3-8,19H,2,9H2,1H3. The Kier molecular flexibility index (Phi) is 5.40. The van der Waals surface area contributed by atoms with Gasteiger partial charge in [-0.05, 0) is 30.3 Å². The van der Waals surface area contributed by atoms with Crippen molar-refractivity contribution in [1.82, 2.24) is 5.32 Å². The van der Waals surface area contributed by atoms with Crippen molar-refractivity contribution < 1.29 is 8.78 Å². The molecule has 0 bridgehead atoms. The number of hydrogen-bond acceptors (Lipinski definition) is 2. The van der Waals surface area contributed by atoms with Gasteiger partial charge in [0.15, 0.2) is 0 Å². The second-order valence-corrected chi connectivity index (χ2v) is 5.64. The van der Waals surface area contributed by atoms with Gasteiger partial charge in [0.1, 0.15) is 11.6 Å². The van der Waals surface area contributed by atoms with Crippen LogP contribution in [0.5, 0.6) is 0 Å². The lowest BCUT2D eigenvalue weighted by molar-refractivity contribution is 0.565. The summed E-state index contributed by atoms with van der Waals surface area (Å²) in [5.41, 5.74) is 0.994. The van der Waals surface area contributed by atoms with Gasteiger partial charge in [-0.25, -0.2) is 8.78 Å². The SMILES string of the molecule is CCNCc1cccc(Cl)c1Sc1ccc(F)cc1F. The van der Waals surface area contributed by atoms with Crippen LogP contribution in [-0.4, -0.2) is 6.54 Å². The van der Waals surface area contributed by atoms with E-state index in [1.165, 1.54) is 23.9 Å². The second-order valence-electron chi connectivity index (χ2n) is 4.19. The first-order valence-electron chi connectivity index (χ1n) is 6.23. The van der Waals surface area contributed by atoms with Gasteiger partial charge in [-0.1, -0.05) is 42.4 Å². The van der Waals surface area contributed by atoms with E-state index in [1.54, 1.807) is 6.07 Å². The summed E-state index contributed by atoms with van der Waals surface area (Å²) in [4.78, 5) is 1.15. The summed E-state index contributed by atoms with van der Waals surface area (Å²) in [6.07, 6.45) is 0. The summed E-state index contributed by atoms with van der Waals surface area (Å²) in [7, 11) is 0. The molecule has 0 saturated heterocycles. The molecule has 2 rings (SSSR count). The first-order chi connectivity index (χ1) is 9.61. The van der Waals surface area contributed by atoms with E-state index in [1.807, 2.05) is 19.1 Å². The minimum Gasteiger partial charge on any atom is -0.313 e. The number of hydrogen-bond donors (Lipinski definition) is 1. The molecule has 5 heteroatoms. The van der Waals surface area contributed by atoms with Gasteiger partial charge in [0.05, 0.1) is 5.02 Å². The van der Waals surface area contributed by atoms with Gasteiger partial charge in [0.2, 0.25) is 0 Å². The van der Waals surface area contributed by atoms with Crippen molar-refractivity contribution >= 4 is 23.4 Å². The molecule has 0 unspecified atom stereocenters. The second kappa shape index (κ2) is 7.07. The molecule has 20 heavy (non-hydrogen) atoms. The van der Waals surface area contributed by atoms with Crippen LogP contribution in [0.4, 0.5) is 8.78 Å². The number of nitrogens with one attached hydrogen (secondary N) is 1. The van der Waals surface area contributed by atoms with E-state index < -0.39 is 11.6 Å². The lowest BCUT2D eigenvalue weighted by Gasteiger charge is -2.12. The molecule has 0 fully saturated rings. The van der Waals surface area contributed by atoms with Gasteiger partial charge in [0.25, 0.3) is 0 Å². The van der Waals surface area contributed by atoms with E-state index in [-0.39, 0.29) is 0 Å². The van der Waals surface area contributed by atoms with Crippen molar-refractivity contribution in [2.75, 3.05) is 6.54 Å². The van der Waals surface area contributed by atoms with E-state index in [4.69, 9.17) is 11.6 Å². The first-order valence-corrected chi connectivity index (χ1v) is 7.42. The zero-order chi connectivity index (χ0) is 14.5. The fraction of sp³-hybridized carbons (Fsp3) is 0.200. The van der Waals surface area contributed by atoms with E-state index in [2.05, 4.69) is 5.32 Å². The van der Waals surface area contributed by atoms with Gasteiger partial charge >= 0.3 is 0 Å². The number of rotatable bonds is 5. The molecule has 2 aromatic rings. The Balaban J connectivity index is 2.32. The van der Waals surface area contributed by atoms with Crippen LogP contribution in [0.15, 0.2) is 46.2 Å². The van der Waals surface area contributed by atoms with Crippen LogP contribution in [0, 0.1) is 11.6 Å². The molecule has 0 aromatic heterocycles. The molecule has 1 N–H and O–H groups in total. The maximum Gasteiger partial charge on any atom is 0.140 e. The Hall–Kier alpha value is -1.10. The minimum atomic E-state index is -0.584. The maximum absolute atomic E-state index is 13.7. The van der Waals surface area contributed by atoms with Crippen molar-refractivity contribution in [2.24, 2.45) is 0 Å². The summed E-state index contributed by atoms with van der Waals surface area (Å²) in [5.74, 6) is -1.16. The molecule has 0 aliphatic heterocycles. The van der Waals surface area contributed by atoms with Crippen molar-refractivity contribution in [2.45, 2.75) is 23.3 Å². The quantitative estimate of drug-likeness (QED) is 0.844. The highest BCUT2D eigenvalue weighted by Gasteiger charge is 2.12. The van der Waals surface area contributed by atoms with E-state index >= 15 is 0 Å². The average molecular weight is 314 g/mol. The molecule has 0 amide bonds. The summed E-state index contributed by atoms with van der Waals surface area (Å²) in [5, 5.41) is 3.78. The lowest BCUT2D eigenvalue weighted by Crippen LogP contribution is -2.12. The number of halogens is 3. The van der Waals surface area contributed by atoms with Crippen molar-refractivity contribution in [1.29, 1.82) is 0 Å². The highest BCUT2D eigenvalue weighted by Crippen LogP contribution is 2.37. The largest absolute Gasteiger partial charge is 0.313 e. The number of benzene rings is 2. The van der Waals surface area contributed by atoms with Crippen molar-refractivity contribution in [3.63, 3.8) is 0 Å². The topological polar surface area (TPSA) is 12.0 Å². The van der Waals surface area contributed by atoms with Crippen LogP contribution in [0.2, 0.25) is 5.02 Å². The Labute approximate surface area is 126 Å². The molecule has 1 nitrogen and oxygen atoms in total. The summed E-state index contributed by atoms with van der Waals surface area (Å²) in [6.45, 7) is 3.50. The first kappa shape index (κ1) is 15.3. The fourth-order valence-electron chi connectivity index (χ4n) is 1.73. The summed E-state index contributed by atoms with van der Waals surface area (Å²) < 4.78 is 26.7. The minimum absolute atomic E-state index is 0.359. The molecule has 0 heterocycles. The molecule has 2 aromatic carbocycles.